The molecule has 2 unspecified atom stereocenters. The van der Waals surface area contributed by atoms with E-state index in [0.29, 0.717) is 6.04 Å². The van der Waals surface area contributed by atoms with E-state index in [1.807, 2.05) is 0 Å². The normalized spacial score (nSPS) is 30.0. The Bertz CT molecular complexity index is 196. The molecule has 0 aromatic heterocycles. The average molecular weight is 227 g/mol. The fourth-order valence-corrected chi connectivity index (χ4v) is 2.60. The van der Waals surface area contributed by atoms with Crippen LogP contribution in [-0.2, 0) is 0 Å². The molecule has 16 heavy (non-hydrogen) atoms. The van der Waals surface area contributed by atoms with Crippen molar-refractivity contribution in [3.8, 4) is 0 Å². The largest absolute Gasteiger partial charge is 0.329 e. The molecule has 0 amide bonds. The molecular formula is C13H29N3. The first-order valence-corrected chi connectivity index (χ1v) is 6.86. The Morgan fingerprint density at radius 3 is 2.62 bits per heavy atom. The van der Waals surface area contributed by atoms with Crippen LogP contribution in [0.3, 0.4) is 0 Å². The highest BCUT2D eigenvalue weighted by atomic mass is 15.1. The first-order valence-electron chi connectivity index (χ1n) is 6.86. The lowest BCUT2D eigenvalue weighted by atomic mass is 9.89. The van der Waals surface area contributed by atoms with Crippen molar-refractivity contribution in [3.63, 3.8) is 0 Å². The highest BCUT2D eigenvalue weighted by molar-refractivity contribution is 4.93. The molecule has 0 spiro atoms. The fourth-order valence-electron chi connectivity index (χ4n) is 2.60. The lowest BCUT2D eigenvalue weighted by Gasteiger charge is -2.35. The monoisotopic (exact) mass is 227 g/mol. The van der Waals surface area contributed by atoms with Gasteiger partial charge < -0.3 is 16.0 Å². The molecule has 0 aromatic carbocycles. The number of hydrogen-bond donors (Lipinski definition) is 2. The summed E-state index contributed by atoms with van der Waals surface area (Å²) in [6.45, 7) is 11.1. The van der Waals surface area contributed by atoms with Crippen molar-refractivity contribution >= 4 is 0 Å². The van der Waals surface area contributed by atoms with Crippen LogP contribution in [0.2, 0.25) is 0 Å². The molecule has 0 bridgehead atoms. The van der Waals surface area contributed by atoms with E-state index in [0.717, 1.165) is 6.54 Å². The van der Waals surface area contributed by atoms with E-state index in [2.05, 4.69) is 31.0 Å². The molecule has 2 atom stereocenters. The SMILES string of the molecule is CCC(C)NC1(CN)CCCN(CC)CC1. The van der Waals surface area contributed by atoms with Crippen LogP contribution in [-0.4, -0.2) is 42.7 Å². The highest BCUT2D eigenvalue weighted by Crippen LogP contribution is 2.22. The number of hydrogen-bond acceptors (Lipinski definition) is 3. The Balaban J connectivity index is 2.57. The molecule has 0 aromatic rings. The van der Waals surface area contributed by atoms with Crippen LogP contribution in [0, 0.1) is 0 Å². The molecule has 1 aliphatic heterocycles. The van der Waals surface area contributed by atoms with Gasteiger partial charge in [0.25, 0.3) is 0 Å². The zero-order valence-electron chi connectivity index (χ0n) is 11.3. The minimum Gasteiger partial charge on any atom is -0.329 e. The summed E-state index contributed by atoms with van der Waals surface area (Å²) in [4.78, 5) is 2.54. The summed E-state index contributed by atoms with van der Waals surface area (Å²) in [6.07, 6.45) is 4.87. The van der Waals surface area contributed by atoms with Crippen LogP contribution < -0.4 is 11.1 Å². The average Bonchev–Trinajstić information content (AvgIpc) is 2.52. The molecule has 0 saturated carbocycles. The van der Waals surface area contributed by atoms with E-state index in [1.165, 1.54) is 45.3 Å². The third-order valence-corrected chi connectivity index (χ3v) is 4.04. The molecule has 96 valence electrons. The van der Waals surface area contributed by atoms with Crippen molar-refractivity contribution in [1.29, 1.82) is 0 Å². The second kappa shape index (κ2) is 6.58. The lowest BCUT2D eigenvalue weighted by Crippen LogP contribution is -2.54. The predicted octanol–water partition coefficient (Wildman–Crippen LogP) is 1.58. The van der Waals surface area contributed by atoms with Gasteiger partial charge in [0.2, 0.25) is 0 Å². The second-order valence-electron chi connectivity index (χ2n) is 5.23. The van der Waals surface area contributed by atoms with Gasteiger partial charge in [0.15, 0.2) is 0 Å². The van der Waals surface area contributed by atoms with Crippen molar-refractivity contribution < 1.29 is 0 Å². The molecule has 1 aliphatic rings. The molecule has 1 fully saturated rings. The first-order chi connectivity index (χ1) is 7.65. The van der Waals surface area contributed by atoms with E-state index >= 15 is 0 Å². The van der Waals surface area contributed by atoms with Gasteiger partial charge in [-0.15, -0.1) is 0 Å². The maximum absolute atomic E-state index is 6.02. The summed E-state index contributed by atoms with van der Waals surface area (Å²) < 4.78 is 0. The maximum atomic E-state index is 6.02. The Hall–Kier alpha value is -0.120. The molecule has 1 rings (SSSR count). The van der Waals surface area contributed by atoms with Gasteiger partial charge in [0.05, 0.1) is 0 Å². The van der Waals surface area contributed by atoms with Gasteiger partial charge in [-0.3, -0.25) is 0 Å². The maximum Gasteiger partial charge on any atom is 0.0318 e. The lowest BCUT2D eigenvalue weighted by molar-refractivity contribution is 0.247. The molecule has 1 saturated heterocycles. The van der Waals surface area contributed by atoms with Gasteiger partial charge in [0.1, 0.15) is 0 Å². The van der Waals surface area contributed by atoms with Crippen LogP contribution in [0.5, 0.6) is 0 Å². The Morgan fingerprint density at radius 2 is 2.06 bits per heavy atom. The summed E-state index contributed by atoms with van der Waals surface area (Å²) in [5.74, 6) is 0. The summed E-state index contributed by atoms with van der Waals surface area (Å²) in [6, 6.07) is 0.580. The van der Waals surface area contributed by atoms with Crippen molar-refractivity contribution in [3.05, 3.63) is 0 Å². The van der Waals surface area contributed by atoms with Gasteiger partial charge in [-0.2, -0.15) is 0 Å². The van der Waals surface area contributed by atoms with Crippen molar-refractivity contribution in [2.75, 3.05) is 26.2 Å². The summed E-state index contributed by atoms with van der Waals surface area (Å²) >= 11 is 0. The standard InChI is InChI=1S/C13H29N3/c1-4-12(3)15-13(11-14)7-6-9-16(5-2)10-8-13/h12,15H,4-11,14H2,1-3H3. The summed E-state index contributed by atoms with van der Waals surface area (Å²) in [7, 11) is 0. The van der Waals surface area contributed by atoms with Crippen LogP contribution in [0.15, 0.2) is 0 Å². The molecule has 0 radical (unpaired) electrons. The smallest absolute Gasteiger partial charge is 0.0318 e. The Morgan fingerprint density at radius 1 is 1.31 bits per heavy atom. The Labute approximate surface area is 101 Å². The van der Waals surface area contributed by atoms with Crippen molar-refractivity contribution in [2.24, 2.45) is 5.73 Å². The van der Waals surface area contributed by atoms with Gasteiger partial charge >= 0.3 is 0 Å². The van der Waals surface area contributed by atoms with E-state index in [9.17, 15) is 0 Å². The van der Waals surface area contributed by atoms with Crippen molar-refractivity contribution in [1.82, 2.24) is 10.2 Å². The van der Waals surface area contributed by atoms with Gasteiger partial charge in [0, 0.05) is 18.1 Å². The van der Waals surface area contributed by atoms with Gasteiger partial charge in [-0.05, 0) is 52.2 Å². The third-order valence-electron chi connectivity index (χ3n) is 4.04. The minimum atomic E-state index is 0.194. The fraction of sp³-hybridized carbons (Fsp3) is 1.00. The van der Waals surface area contributed by atoms with Crippen LogP contribution >= 0.6 is 0 Å². The van der Waals surface area contributed by atoms with E-state index < -0.39 is 0 Å². The minimum absolute atomic E-state index is 0.194. The predicted molar refractivity (Wildman–Crippen MR) is 70.6 cm³/mol. The zero-order valence-corrected chi connectivity index (χ0v) is 11.3. The number of likely N-dealkylation sites (tertiary alicyclic amines) is 1. The zero-order chi connectivity index (χ0) is 12.0. The quantitative estimate of drug-likeness (QED) is 0.749. The first kappa shape index (κ1) is 13.9. The number of nitrogens with two attached hydrogens (primary N) is 1. The van der Waals surface area contributed by atoms with Gasteiger partial charge in [-0.1, -0.05) is 13.8 Å². The molecule has 3 nitrogen and oxygen atoms in total. The number of nitrogens with zero attached hydrogens (tertiary/aromatic N) is 1. The molecular weight excluding hydrogens is 198 g/mol. The van der Waals surface area contributed by atoms with E-state index in [4.69, 9.17) is 5.73 Å². The van der Waals surface area contributed by atoms with E-state index in [1.54, 1.807) is 0 Å². The van der Waals surface area contributed by atoms with Crippen molar-refractivity contribution in [2.45, 2.75) is 58.0 Å². The summed E-state index contributed by atoms with van der Waals surface area (Å²) in [5.41, 5.74) is 6.21. The molecule has 1 heterocycles. The molecule has 0 aliphatic carbocycles. The number of nitrogens with one attached hydrogen (secondary N) is 1. The topological polar surface area (TPSA) is 41.3 Å². The van der Waals surface area contributed by atoms with Gasteiger partial charge in [-0.25, -0.2) is 0 Å². The Kier molecular flexibility index (Phi) is 5.73. The van der Waals surface area contributed by atoms with Crippen LogP contribution in [0.1, 0.15) is 46.5 Å². The van der Waals surface area contributed by atoms with Crippen LogP contribution in [0.4, 0.5) is 0 Å². The summed E-state index contributed by atoms with van der Waals surface area (Å²) in [5, 5.41) is 3.76. The molecule has 3 heteroatoms. The third kappa shape index (κ3) is 3.72. The highest BCUT2D eigenvalue weighted by Gasteiger charge is 2.31. The number of rotatable bonds is 5. The van der Waals surface area contributed by atoms with Crippen LogP contribution in [0.25, 0.3) is 0 Å². The molecule has 3 N–H and O–H groups in total. The van der Waals surface area contributed by atoms with E-state index in [-0.39, 0.29) is 5.54 Å². The second-order valence-corrected chi connectivity index (χ2v) is 5.23.